The highest BCUT2D eigenvalue weighted by atomic mass is 16.5. The van der Waals surface area contributed by atoms with Gasteiger partial charge in [0.2, 0.25) is 6.39 Å². The van der Waals surface area contributed by atoms with Gasteiger partial charge in [0.25, 0.3) is 0 Å². The van der Waals surface area contributed by atoms with E-state index in [-0.39, 0.29) is 11.3 Å². The van der Waals surface area contributed by atoms with E-state index in [0.29, 0.717) is 24.5 Å². The number of nitrogens with one attached hydrogen (secondary N) is 1. The molecule has 7 nitrogen and oxygen atoms in total. The first-order valence-corrected chi connectivity index (χ1v) is 5.70. The number of nitrogen functional groups attached to an aromatic ring is 1. The number of anilines is 2. The van der Waals surface area contributed by atoms with Crippen molar-refractivity contribution in [1.82, 2.24) is 10.1 Å². The molecule has 0 atom stereocenters. The second-order valence-electron chi connectivity index (χ2n) is 4.08. The predicted molar refractivity (Wildman–Crippen MR) is 69.0 cm³/mol. The molecular formula is C12H14N4O3. The molecule has 0 aliphatic carbocycles. The molecule has 0 spiro atoms. The summed E-state index contributed by atoms with van der Waals surface area (Å²) >= 11 is 0. The van der Waals surface area contributed by atoms with E-state index in [9.17, 15) is 4.79 Å². The van der Waals surface area contributed by atoms with E-state index in [1.165, 1.54) is 12.5 Å². The van der Waals surface area contributed by atoms with Gasteiger partial charge in [0.15, 0.2) is 5.82 Å². The topological polar surface area (TPSA) is 114 Å². The van der Waals surface area contributed by atoms with Gasteiger partial charge in [-0.2, -0.15) is 4.98 Å². The third-order valence-corrected chi connectivity index (χ3v) is 2.70. The standard InChI is InChI=1S/C12H14N4O3/c1-7-4-8(5-9(11(7)13)12(17)18)14-3-2-10-15-6-19-16-10/h4-6,14H,2-3,13H2,1H3,(H,17,18). The first-order valence-electron chi connectivity index (χ1n) is 5.70. The van der Waals surface area contributed by atoms with Crippen molar-refractivity contribution < 1.29 is 14.4 Å². The molecule has 0 amide bonds. The van der Waals surface area contributed by atoms with Crippen molar-refractivity contribution in [3.63, 3.8) is 0 Å². The van der Waals surface area contributed by atoms with Gasteiger partial charge in [-0.1, -0.05) is 5.16 Å². The minimum Gasteiger partial charge on any atom is -0.478 e. The lowest BCUT2D eigenvalue weighted by molar-refractivity contribution is 0.0698. The van der Waals surface area contributed by atoms with E-state index in [2.05, 4.69) is 20.0 Å². The first kappa shape index (κ1) is 12.9. The third kappa shape index (κ3) is 3.01. The van der Waals surface area contributed by atoms with Crippen LogP contribution < -0.4 is 11.1 Å². The largest absolute Gasteiger partial charge is 0.478 e. The van der Waals surface area contributed by atoms with Gasteiger partial charge in [-0.3, -0.25) is 0 Å². The Bertz CT molecular complexity index is 581. The van der Waals surface area contributed by atoms with Crippen molar-refractivity contribution in [2.75, 3.05) is 17.6 Å². The number of aromatic nitrogens is 2. The van der Waals surface area contributed by atoms with Crippen molar-refractivity contribution in [3.05, 3.63) is 35.5 Å². The molecule has 0 aliphatic rings. The normalized spacial score (nSPS) is 10.4. The monoisotopic (exact) mass is 262 g/mol. The molecule has 1 aromatic heterocycles. The maximum atomic E-state index is 11.0. The summed E-state index contributed by atoms with van der Waals surface area (Å²) in [5, 5.41) is 15.8. The molecule has 7 heteroatoms. The Morgan fingerprint density at radius 2 is 2.32 bits per heavy atom. The fraction of sp³-hybridized carbons (Fsp3) is 0.250. The number of nitrogens with zero attached hydrogens (tertiary/aromatic N) is 2. The average molecular weight is 262 g/mol. The lowest BCUT2D eigenvalue weighted by Gasteiger charge is -2.10. The van der Waals surface area contributed by atoms with Crippen molar-refractivity contribution in [2.45, 2.75) is 13.3 Å². The van der Waals surface area contributed by atoms with E-state index in [1.807, 2.05) is 0 Å². The summed E-state index contributed by atoms with van der Waals surface area (Å²) in [5.74, 6) is -0.444. The lowest BCUT2D eigenvalue weighted by Crippen LogP contribution is -2.09. The lowest BCUT2D eigenvalue weighted by atomic mass is 10.1. The number of hydrogen-bond acceptors (Lipinski definition) is 6. The Balaban J connectivity index is 2.06. The summed E-state index contributed by atoms with van der Waals surface area (Å²) in [4.78, 5) is 14.9. The number of aryl methyl sites for hydroxylation is 1. The SMILES string of the molecule is Cc1cc(NCCc2ncon2)cc(C(=O)O)c1N. The molecule has 2 aromatic rings. The molecule has 0 saturated carbocycles. The van der Waals surface area contributed by atoms with Gasteiger partial charge in [-0.15, -0.1) is 0 Å². The number of hydrogen-bond donors (Lipinski definition) is 3. The van der Waals surface area contributed by atoms with E-state index in [0.717, 1.165) is 5.56 Å². The third-order valence-electron chi connectivity index (χ3n) is 2.70. The van der Waals surface area contributed by atoms with Gasteiger partial charge in [-0.25, -0.2) is 4.79 Å². The van der Waals surface area contributed by atoms with Crippen molar-refractivity contribution >= 4 is 17.3 Å². The van der Waals surface area contributed by atoms with Gasteiger partial charge in [0.1, 0.15) is 0 Å². The van der Waals surface area contributed by atoms with E-state index < -0.39 is 5.97 Å². The molecule has 1 heterocycles. The fourth-order valence-electron chi connectivity index (χ4n) is 1.70. The molecule has 2 rings (SSSR count). The van der Waals surface area contributed by atoms with Crippen molar-refractivity contribution in [3.8, 4) is 0 Å². The zero-order valence-corrected chi connectivity index (χ0v) is 10.4. The van der Waals surface area contributed by atoms with Crippen LogP contribution in [0.1, 0.15) is 21.7 Å². The van der Waals surface area contributed by atoms with Gasteiger partial charge < -0.3 is 20.7 Å². The summed E-state index contributed by atoms with van der Waals surface area (Å²) in [6.45, 7) is 2.34. The zero-order chi connectivity index (χ0) is 13.8. The second-order valence-corrected chi connectivity index (χ2v) is 4.08. The Hall–Kier alpha value is -2.57. The summed E-state index contributed by atoms with van der Waals surface area (Å²) in [6.07, 6.45) is 1.85. The molecule has 4 N–H and O–H groups in total. The van der Waals surface area contributed by atoms with Crippen LogP contribution in [0.15, 0.2) is 23.0 Å². The zero-order valence-electron chi connectivity index (χ0n) is 10.4. The van der Waals surface area contributed by atoms with E-state index in [1.54, 1.807) is 13.0 Å². The average Bonchev–Trinajstić information content (AvgIpc) is 2.86. The van der Waals surface area contributed by atoms with Crippen molar-refractivity contribution in [2.24, 2.45) is 0 Å². The van der Waals surface area contributed by atoms with Gasteiger partial charge in [-0.05, 0) is 24.6 Å². The number of carboxylic acids is 1. The van der Waals surface area contributed by atoms with Crippen LogP contribution in [0.4, 0.5) is 11.4 Å². The summed E-state index contributed by atoms with van der Waals surface area (Å²) < 4.78 is 4.62. The van der Waals surface area contributed by atoms with E-state index >= 15 is 0 Å². The molecule has 0 aliphatic heterocycles. The molecule has 0 bridgehead atoms. The maximum Gasteiger partial charge on any atom is 0.337 e. The maximum absolute atomic E-state index is 11.0. The second kappa shape index (κ2) is 5.38. The number of rotatable bonds is 5. The summed E-state index contributed by atoms with van der Waals surface area (Å²) in [6, 6.07) is 3.32. The Morgan fingerprint density at radius 3 is 2.95 bits per heavy atom. The number of carbonyl (C=O) groups is 1. The summed E-state index contributed by atoms with van der Waals surface area (Å²) in [7, 11) is 0. The summed E-state index contributed by atoms with van der Waals surface area (Å²) in [5.41, 5.74) is 7.53. The van der Waals surface area contributed by atoms with Crippen molar-refractivity contribution in [1.29, 1.82) is 0 Å². The Kier molecular flexibility index (Phi) is 3.65. The Labute approximate surface area is 109 Å². The highest BCUT2D eigenvalue weighted by Gasteiger charge is 2.11. The van der Waals surface area contributed by atoms with Crippen LogP contribution in [0.2, 0.25) is 0 Å². The van der Waals surface area contributed by atoms with Crippen LogP contribution in [0, 0.1) is 6.92 Å². The van der Waals surface area contributed by atoms with Crippen LogP contribution in [0.25, 0.3) is 0 Å². The smallest absolute Gasteiger partial charge is 0.337 e. The molecule has 100 valence electrons. The molecule has 1 aromatic carbocycles. The number of benzene rings is 1. The minimum atomic E-state index is -1.04. The molecule has 19 heavy (non-hydrogen) atoms. The predicted octanol–water partition coefficient (Wildman–Crippen LogP) is 1.31. The van der Waals surface area contributed by atoms with Gasteiger partial charge in [0.05, 0.1) is 5.56 Å². The minimum absolute atomic E-state index is 0.0991. The van der Waals surface area contributed by atoms with Crippen LogP contribution in [0.5, 0.6) is 0 Å². The molecule has 0 fully saturated rings. The molecular weight excluding hydrogens is 248 g/mol. The van der Waals surface area contributed by atoms with Crippen LogP contribution >= 0.6 is 0 Å². The highest BCUT2D eigenvalue weighted by Crippen LogP contribution is 2.22. The van der Waals surface area contributed by atoms with Gasteiger partial charge in [0, 0.05) is 24.3 Å². The van der Waals surface area contributed by atoms with Crippen LogP contribution in [0.3, 0.4) is 0 Å². The molecule has 0 radical (unpaired) electrons. The van der Waals surface area contributed by atoms with Gasteiger partial charge >= 0.3 is 5.97 Å². The highest BCUT2D eigenvalue weighted by molar-refractivity contribution is 5.95. The first-order chi connectivity index (χ1) is 9.08. The quantitative estimate of drug-likeness (QED) is 0.696. The van der Waals surface area contributed by atoms with Crippen LogP contribution in [-0.4, -0.2) is 27.8 Å². The number of nitrogens with two attached hydrogens (primary N) is 1. The number of carboxylic acid groups (broad SMARTS) is 1. The Morgan fingerprint density at radius 1 is 1.53 bits per heavy atom. The molecule has 0 unspecified atom stereocenters. The van der Waals surface area contributed by atoms with Crippen LogP contribution in [-0.2, 0) is 6.42 Å². The fourth-order valence-corrected chi connectivity index (χ4v) is 1.70. The van der Waals surface area contributed by atoms with E-state index in [4.69, 9.17) is 10.8 Å². The number of aromatic carboxylic acids is 1. The molecule has 0 saturated heterocycles.